The van der Waals surface area contributed by atoms with Crippen LogP contribution in [0.1, 0.15) is 0 Å². The van der Waals surface area contributed by atoms with Crippen molar-refractivity contribution in [1.29, 1.82) is 0 Å². The lowest BCUT2D eigenvalue weighted by Gasteiger charge is -1.93. The number of hydrogen-bond donors (Lipinski definition) is 2. The van der Waals surface area contributed by atoms with E-state index in [1.807, 2.05) is 5.32 Å². The highest BCUT2D eigenvalue weighted by Gasteiger charge is 1.98. The van der Waals surface area contributed by atoms with Crippen LogP contribution in [0.4, 0.5) is 0 Å². The minimum absolute atomic E-state index is 0.429. The van der Waals surface area contributed by atoms with E-state index in [-0.39, 0.29) is 0 Å². The smallest absolute Gasteiger partial charge is 0.322 e. The number of nitrogens with zero attached hydrogens (tertiary/aromatic N) is 1. The number of carbonyl (C=O) groups is 2. The number of amides is 1. The molecular weight excluding hydrogens is 160 g/mol. The summed E-state index contributed by atoms with van der Waals surface area (Å²) in [5.41, 5.74) is 0. The SMILES string of the molecule is O=C(O)CNC(=O)/C=N/Cl. The highest BCUT2D eigenvalue weighted by Crippen LogP contribution is 1.70. The predicted molar refractivity (Wildman–Crippen MR) is 35.0 cm³/mol. The van der Waals surface area contributed by atoms with Crippen LogP contribution in [0.15, 0.2) is 4.51 Å². The van der Waals surface area contributed by atoms with Crippen LogP contribution in [0.25, 0.3) is 0 Å². The normalized spacial score (nSPS) is 9.70. The van der Waals surface area contributed by atoms with Gasteiger partial charge < -0.3 is 10.4 Å². The van der Waals surface area contributed by atoms with Crippen molar-refractivity contribution in [2.75, 3.05) is 6.54 Å². The standard InChI is InChI=1S/C4H5ClN2O3/c5-7-1-3(8)6-2-4(9)10/h1H,2H2,(H,6,8)(H,9,10)/b7-1+. The fourth-order valence-corrected chi connectivity index (χ4v) is 0.341. The third kappa shape index (κ3) is 5.04. The molecule has 0 bridgehead atoms. The molecule has 2 N–H and O–H groups in total. The number of carbonyl (C=O) groups excluding carboxylic acids is 1. The molecule has 0 spiro atoms. The van der Waals surface area contributed by atoms with E-state index >= 15 is 0 Å². The minimum atomic E-state index is -1.11. The predicted octanol–water partition coefficient (Wildman–Crippen LogP) is -0.588. The van der Waals surface area contributed by atoms with E-state index in [1.165, 1.54) is 0 Å². The maximum atomic E-state index is 10.3. The van der Waals surface area contributed by atoms with E-state index in [9.17, 15) is 9.59 Å². The molecule has 0 aliphatic carbocycles. The van der Waals surface area contributed by atoms with Crippen LogP contribution < -0.4 is 5.32 Å². The summed E-state index contributed by atoms with van der Waals surface area (Å²) in [4.78, 5) is 20.2. The Morgan fingerprint density at radius 3 is 2.70 bits per heavy atom. The first kappa shape index (κ1) is 8.90. The van der Waals surface area contributed by atoms with E-state index in [2.05, 4.69) is 4.51 Å². The first-order valence-corrected chi connectivity index (χ1v) is 2.64. The molecule has 0 aromatic carbocycles. The monoisotopic (exact) mass is 164 g/mol. The van der Waals surface area contributed by atoms with Gasteiger partial charge in [0.1, 0.15) is 12.8 Å². The van der Waals surface area contributed by atoms with E-state index in [4.69, 9.17) is 16.9 Å². The van der Waals surface area contributed by atoms with Crippen LogP contribution in [0.2, 0.25) is 0 Å². The fourth-order valence-electron chi connectivity index (χ4n) is 0.253. The molecule has 6 heteroatoms. The Morgan fingerprint density at radius 1 is 1.70 bits per heavy atom. The van der Waals surface area contributed by atoms with Crippen molar-refractivity contribution in [3.05, 3.63) is 0 Å². The van der Waals surface area contributed by atoms with Gasteiger partial charge in [-0.3, -0.25) is 9.59 Å². The van der Waals surface area contributed by atoms with Gasteiger partial charge in [0.05, 0.1) is 0 Å². The highest BCUT2D eigenvalue weighted by molar-refractivity contribution is 6.32. The summed E-state index contributed by atoms with van der Waals surface area (Å²) in [7, 11) is 0. The molecule has 0 heterocycles. The third-order valence-electron chi connectivity index (χ3n) is 0.580. The second-order valence-electron chi connectivity index (χ2n) is 1.34. The molecule has 0 aliphatic heterocycles. The molecule has 0 unspecified atom stereocenters. The number of hydrogen-bond acceptors (Lipinski definition) is 3. The Balaban J connectivity index is 3.50. The van der Waals surface area contributed by atoms with Crippen LogP contribution in [0, 0.1) is 0 Å². The van der Waals surface area contributed by atoms with Gasteiger partial charge in [-0.25, -0.2) is 0 Å². The second kappa shape index (κ2) is 4.75. The molecule has 0 aromatic heterocycles. The van der Waals surface area contributed by atoms with Gasteiger partial charge in [-0.05, 0) is 0 Å². The highest BCUT2D eigenvalue weighted by atomic mass is 35.5. The van der Waals surface area contributed by atoms with Gasteiger partial charge in [0.15, 0.2) is 0 Å². The van der Waals surface area contributed by atoms with E-state index in [0.29, 0.717) is 0 Å². The largest absolute Gasteiger partial charge is 0.480 e. The summed E-state index contributed by atoms with van der Waals surface area (Å²) < 4.78 is 2.86. The molecule has 0 rings (SSSR count). The molecule has 0 saturated heterocycles. The molecule has 0 fully saturated rings. The maximum Gasteiger partial charge on any atom is 0.322 e. The number of rotatable bonds is 3. The average molecular weight is 165 g/mol. The lowest BCUT2D eigenvalue weighted by Crippen LogP contribution is -2.29. The molecule has 1 amide bonds. The third-order valence-corrected chi connectivity index (χ3v) is 0.677. The lowest BCUT2D eigenvalue weighted by atomic mass is 10.6. The zero-order valence-corrected chi connectivity index (χ0v) is 5.63. The van der Waals surface area contributed by atoms with Gasteiger partial charge in [0.25, 0.3) is 5.91 Å². The quantitative estimate of drug-likeness (QED) is 0.548. The Morgan fingerprint density at radius 2 is 2.30 bits per heavy atom. The van der Waals surface area contributed by atoms with Crippen molar-refractivity contribution in [2.24, 2.45) is 4.51 Å². The molecule has 5 nitrogen and oxygen atoms in total. The van der Waals surface area contributed by atoms with Crippen LogP contribution in [0.3, 0.4) is 0 Å². The number of carboxylic acids is 1. The summed E-state index contributed by atoms with van der Waals surface area (Å²) in [6.07, 6.45) is 0.782. The molecule has 0 saturated carbocycles. The number of carboxylic acid groups (broad SMARTS) is 1. The van der Waals surface area contributed by atoms with E-state index in [0.717, 1.165) is 6.21 Å². The number of nitrogens with one attached hydrogen (secondary N) is 1. The average Bonchev–Trinajstić information content (AvgIpc) is 1.85. The molecule has 56 valence electrons. The summed E-state index contributed by atoms with van der Waals surface area (Å²) in [6, 6.07) is 0. The molecule has 0 atom stereocenters. The van der Waals surface area contributed by atoms with Gasteiger partial charge in [0.2, 0.25) is 0 Å². The summed E-state index contributed by atoms with van der Waals surface area (Å²) in [5, 5.41) is 10.0. The van der Waals surface area contributed by atoms with Gasteiger partial charge >= 0.3 is 5.97 Å². The molecule has 0 aliphatic rings. The number of halogens is 1. The van der Waals surface area contributed by atoms with E-state index < -0.39 is 18.4 Å². The molecular formula is C4H5ClN2O3. The Bertz CT molecular complexity index is 168. The fraction of sp³-hybridized carbons (Fsp3) is 0.250. The second-order valence-corrected chi connectivity index (χ2v) is 1.53. The number of aliphatic carboxylic acids is 1. The van der Waals surface area contributed by atoms with Crippen molar-refractivity contribution in [3.63, 3.8) is 0 Å². The van der Waals surface area contributed by atoms with Gasteiger partial charge in [-0.1, -0.05) is 0 Å². The van der Waals surface area contributed by atoms with Crippen LogP contribution in [-0.2, 0) is 9.59 Å². The zero-order valence-electron chi connectivity index (χ0n) is 4.87. The van der Waals surface area contributed by atoms with Crippen LogP contribution in [-0.4, -0.2) is 29.7 Å². The Hall–Kier alpha value is -1.10. The van der Waals surface area contributed by atoms with E-state index in [1.54, 1.807) is 0 Å². The summed E-state index contributed by atoms with van der Waals surface area (Å²) >= 11 is 4.77. The summed E-state index contributed by atoms with van der Waals surface area (Å²) in [5.74, 6) is -1.74. The van der Waals surface area contributed by atoms with Crippen molar-refractivity contribution in [3.8, 4) is 0 Å². The minimum Gasteiger partial charge on any atom is -0.480 e. The van der Waals surface area contributed by atoms with Gasteiger partial charge in [-0.2, -0.15) is 4.51 Å². The first-order valence-electron chi connectivity index (χ1n) is 2.30. The molecule has 10 heavy (non-hydrogen) atoms. The first-order chi connectivity index (χ1) is 4.66. The van der Waals surface area contributed by atoms with Gasteiger partial charge in [0, 0.05) is 11.8 Å². The topological polar surface area (TPSA) is 78.8 Å². The Labute approximate surface area is 61.8 Å². The zero-order chi connectivity index (χ0) is 7.98. The van der Waals surface area contributed by atoms with Crippen molar-refractivity contribution in [1.82, 2.24) is 5.32 Å². The molecule has 0 radical (unpaired) electrons. The maximum absolute atomic E-state index is 10.3. The lowest BCUT2D eigenvalue weighted by molar-refractivity contribution is -0.137. The summed E-state index contributed by atoms with van der Waals surface area (Å²) in [6.45, 7) is -0.429. The van der Waals surface area contributed by atoms with Crippen molar-refractivity contribution in [2.45, 2.75) is 0 Å². The van der Waals surface area contributed by atoms with Crippen LogP contribution in [0.5, 0.6) is 0 Å². The Kier molecular flexibility index (Phi) is 4.23. The van der Waals surface area contributed by atoms with Crippen LogP contribution >= 0.6 is 11.8 Å². The van der Waals surface area contributed by atoms with Crippen molar-refractivity contribution < 1.29 is 14.7 Å². The van der Waals surface area contributed by atoms with Crippen molar-refractivity contribution >= 4 is 29.9 Å². The molecule has 0 aromatic rings. The van der Waals surface area contributed by atoms with Gasteiger partial charge in [-0.15, -0.1) is 0 Å².